The van der Waals surface area contributed by atoms with E-state index in [9.17, 15) is 0 Å². The average Bonchev–Trinajstić information content (AvgIpc) is 2.87. The Labute approximate surface area is 97.4 Å². The molecular formula is C12H22N4. The van der Waals surface area contributed by atoms with E-state index in [1.54, 1.807) is 0 Å². The lowest BCUT2D eigenvalue weighted by Gasteiger charge is -2.14. The van der Waals surface area contributed by atoms with Crippen molar-refractivity contribution >= 4 is 5.95 Å². The molecule has 1 fully saturated rings. The third-order valence-electron chi connectivity index (χ3n) is 3.22. The summed E-state index contributed by atoms with van der Waals surface area (Å²) < 4.78 is 2.17. The first kappa shape index (κ1) is 11.5. The second-order valence-corrected chi connectivity index (χ2v) is 4.83. The van der Waals surface area contributed by atoms with Gasteiger partial charge in [-0.15, -0.1) is 0 Å². The fraction of sp³-hybridized carbons (Fsp3) is 0.750. The Morgan fingerprint density at radius 3 is 3.19 bits per heavy atom. The van der Waals surface area contributed by atoms with Gasteiger partial charge in [0.2, 0.25) is 5.95 Å². The summed E-state index contributed by atoms with van der Waals surface area (Å²) in [4.78, 5) is 4.34. The molecule has 1 aliphatic heterocycles. The van der Waals surface area contributed by atoms with Crippen LogP contribution in [0.25, 0.3) is 0 Å². The van der Waals surface area contributed by atoms with Gasteiger partial charge in [-0.1, -0.05) is 0 Å². The van der Waals surface area contributed by atoms with Gasteiger partial charge < -0.3 is 15.2 Å². The van der Waals surface area contributed by atoms with Gasteiger partial charge in [0.1, 0.15) is 0 Å². The number of aromatic nitrogens is 2. The van der Waals surface area contributed by atoms with Crippen LogP contribution in [-0.2, 0) is 0 Å². The maximum absolute atomic E-state index is 4.34. The van der Waals surface area contributed by atoms with Crippen LogP contribution in [0.15, 0.2) is 12.4 Å². The molecule has 2 rings (SSSR count). The maximum Gasteiger partial charge on any atom is 0.203 e. The van der Waals surface area contributed by atoms with Gasteiger partial charge in [-0.2, -0.15) is 0 Å². The summed E-state index contributed by atoms with van der Waals surface area (Å²) in [5.41, 5.74) is 0. The molecule has 0 aromatic carbocycles. The minimum atomic E-state index is 0.471. The molecule has 0 aliphatic carbocycles. The lowest BCUT2D eigenvalue weighted by atomic mass is 10.1. The van der Waals surface area contributed by atoms with Crippen LogP contribution in [0.4, 0.5) is 5.95 Å². The molecule has 0 spiro atoms. The zero-order valence-corrected chi connectivity index (χ0v) is 10.2. The van der Waals surface area contributed by atoms with Gasteiger partial charge in [-0.3, -0.25) is 0 Å². The summed E-state index contributed by atoms with van der Waals surface area (Å²) in [6, 6.07) is 0.471. The largest absolute Gasteiger partial charge is 0.356 e. The van der Waals surface area contributed by atoms with Crippen molar-refractivity contribution in [3.05, 3.63) is 12.4 Å². The van der Waals surface area contributed by atoms with Crippen LogP contribution in [0.2, 0.25) is 0 Å². The summed E-state index contributed by atoms with van der Waals surface area (Å²) in [6.07, 6.45) is 6.45. The molecule has 4 nitrogen and oxygen atoms in total. The zero-order valence-electron chi connectivity index (χ0n) is 10.2. The van der Waals surface area contributed by atoms with E-state index in [4.69, 9.17) is 0 Å². The number of nitrogens with one attached hydrogen (secondary N) is 2. The quantitative estimate of drug-likeness (QED) is 0.799. The first-order chi connectivity index (χ1) is 7.77. The second-order valence-electron chi connectivity index (χ2n) is 4.83. The van der Waals surface area contributed by atoms with Crippen LogP contribution >= 0.6 is 0 Å². The molecule has 4 heteroatoms. The topological polar surface area (TPSA) is 41.9 Å². The van der Waals surface area contributed by atoms with Crippen molar-refractivity contribution in [2.24, 2.45) is 5.92 Å². The van der Waals surface area contributed by atoms with Gasteiger partial charge in [0.15, 0.2) is 0 Å². The first-order valence-corrected chi connectivity index (χ1v) is 6.25. The molecule has 0 saturated carbocycles. The minimum Gasteiger partial charge on any atom is -0.356 e. The van der Waals surface area contributed by atoms with E-state index in [-0.39, 0.29) is 0 Å². The standard InChI is InChI=1S/C12H22N4/c1-10(2)16-8-7-15-12(16)14-6-4-11-3-5-13-9-11/h7-8,10-11,13H,3-6,9H2,1-2H3,(H,14,15). The third-order valence-corrected chi connectivity index (χ3v) is 3.22. The summed E-state index contributed by atoms with van der Waals surface area (Å²) in [5.74, 6) is 1.84. The Hall–Kier alpha value is -1.03. The monoisotopic (exact) mass is 222 g/mol. The number of rotatable bonds is 5. The first-order valence-electron chi connectivity index (χ1n) is 6.25. The molecule has 16 heavy (non-hydrogen) atoms. The lowest BCUT2D eigenvalue weighted by Crippen LogP contribution is -2.15. The fourth-order valence-electron chi connectivity index (χ4n) is 2.22. The van der Waals surface area contributed by atoms with Gasteiger partial charge in [0, 0.05) is 25.0 Å². The molecule has 0 amide bonds. The van der Waals surface area contributed by atoms with Gasteiger partial charge >= 0.3 is 0 Å². The predicted molar refractivity (Wildman–Crippen MR) is 66.7 cm³/mol. The van der Waals surface area contributed by atoms with Crippen molar-refractivity contribution < 1.29 is 0 Å². The van der Waals surface area contributed by atoms with Gasteiger partial charge in [0.25, 0.3) is 0 Å². The van der Waals surface area contributed by atoms with E-state index in [1.165, 1.54) is 25.9 Å². The van der Waals surface area contributed by atoms with Crippen molar-refractivity contribution in [3.63, 3.8) is 0 Å². The normalized spacial score (nSPS) is 20.6. The number of hydrogen-bond donors (Lipinski definition) is 2. The Bertz CT molecular complexity index is 313. The zero-order chi connectivity index (χ0) is 11.4. The van der Waals surface area contributed by atoms with E-state index in [0.29, 0.717) is 6.04 Å². The highest BCUT2D eigenvalue weighted by molar-refractivity contribution is 5.26. The van der Waals surface area contributed by atoms with Crippen LogP contribution < -0.4 is 10.6 Å². The minimum absolute atomic E-state index is 0.471. The van der Waals surface area contributed by atoms with Crippen LogP contribution in [0, 0.1) is 5.92 Å². The van der Waals surface area contributed by atoms with E-state index < -0.39 is 0 Å². The second kappa shape index (κ2) is 5.34. The fourth-order valence-corrected chi connectivity index (χ4v) is 2.22. The molecule has 2 N–H and O–H groups in total. The summed E-state index contributed by atoms with van der Waals surface area (Å²) in [5, 5.41) is 6.82. The van der Waals surface area contributed by atoms with Gasteiger partial charge in [0.05, 0.1) is 0 Å². The Morgan fingerprint density at radius 1 is 1.62 bits per heavy atom. The number of anilines is 1. The Balaban J connectivity index is 1.78. The van der Waals surface area contributed by atoms with E-state index in [0.717, 1.165) is 18.4 Å². The SMILES string of the molecule is CC(C)n1ccnc1NCCC1CCNC1. The van der Waals surface area contributed by atoms with Crippen molar-refractivity contribution in [1.29, 1.82) is 0 Å². The van der Waals surface area contributed by atoms with E-state index in [1.807, 2.05) is 12.4 Å². The van der Waals surface area contributed by atoms with Crippen molar-refractivity contribution in [3.8, 4) is 0 Å². The van der Waals surface area contributed by atoms with E-state index >= 15 is 0 Å². The van der Waals surface area contributed by atoms with Crippen LogP contribution in [0.1, 0.15) is 32.7 Å². The molecule has 2 heterocycles. The molecular weight excluding hydrogens is 200 g/mol. The smallest absolute Gasteiger partial charge is 0.203 e. The molecule has 1 aromatic rings. The highest BCUT2D eigenvalue weighted by atomic mass is 15.2. The number of hydrogen-bond acceptors (Lipinski definition) is 3. The van der Waals surface area contributed by atoms with Crippen molar-refractivity contribution in [2.45, 2.75) is 32.7 Å². The number of nitrogens with zero attached hydrogens (tertiary/aromatic N) is 2. The summed E-state index contributed by atoms with van der Waals surface area (Å²) >= 11 is 0. The summed E-state index contributed by atoms with van der Waals surface area (Å²) in [7, 11) is 0. The van der Waals surface area contributed by atoms with Crippen molar-refractivity contribution in [2.75, 3.05) is 25.0 Å². The maximum atomic E-state index is 4.34. The molecule has 0 radical (unpaired) electrons. The van der Waals surface area contributed by atoms with Crippen LogP contribution in [0.3, 0.4) is 0 Å². The van der Waals surface area contributed by atoms with Crippen LogP contribution in [0.5, 0.6) is 0 Å². The highest BCUT2D eigenvalue weighted by Gasteiger charge is 2.14. The van der Waals surface area contributed by atoms with Gasteiger partial charge in [-0.25, -0.2) is 4.98 Å². The highest BCUT2D eigenvalue weighted by Crippen LogP contribution is 2.15. The summed E-state index contributed by atoms with van der Waals surface area (Å²) in [6.45, 7) is 7.74. The number of imidazole rings is 1. The molecule has 1 aromatic heterocycles. The van der Waals surface area contributed by atoms with Crippen LogP contribution in [-0.4, -0.2) is 29.2 Å². The predicted octanol–water partition coefficient (Wildman–Crippen LogP) is 1.88. The average molecular weight is 222 g/mol. The van der Waals surface area contributed by atoms with Crippen molar-refractivity contribution in [1.82, 2.24) is 14.9 Å². The van der Waals surface area contributed by atoms with E-state index in [2.05, 4.69) is 34.0 Å². The van der Waals surface area contributed by atoms with Gasteiger partial charge in [-0.05, 0) is 45.7 Å². The third kappa shape index (κ3) is 2.76. The molecule has 1 saturated heterocycles. The molecule has 90 valence electrons. The molecule has 1 unspecified atom stereocenters. The molecule has 1 aliphatic rings. The molecule has 1 atom stereocenters. The Morgan fingerprint density at radius 2 is 2.50 bits per heavy atom. The lowest BCUT2D eigenvalue weighted by molar-refractivity contribution is 0.544. The molecule has 0 bridgehead atoms. The Kier molecular flexibility index (Phi) is 3.83.